The van der Waals surface area contributed by atoms with Gasteiger partial charge in [0.1, 0.15) is 17.4 Å². The second kappa shape index (κ2) is 6.53. The fraction of sp³-hybridized carbons (Fsp3) is 0.167. The Morgan fingerprint density at radius 3 is 2.84 bits per heavy atom. The largest absolute Gasteiger partial charge is 0.450 e. The Bertz CT molecular complexity index is 1020. The number of carbonyl (C=O) groups excluding carboxylic acids is 2. The quantitative estimate of drug-likeness (QED) is 0.580. The maximum absolute atomic E-state index is 12.6. The second-order valence-corrected chi connectivity index (χ2v) is 5.45. The summed E-state index contributed by atoms with van der Waals surface area (Å²) < 4.78 is 5.23. The molecule has 0 aliphatic heterocycles. The number of Topliss-reactive ketones (excluding diaryl/α,β-unsaturated/α-hetero) is 1. The van der Waals surface area contributed by atoms with Gasteiger partial charge in [-0.25, -0.2) is 14.8 Å². The topological polar surface area (TPSA) is 109 Å². The lowest BCUT2D eigenvalue weighted by molar-refractivity contribution is 0.0313. The van der Waals surface area contributed by atoms with Crippen LogP contribution in [0.4, 0.5) is 0 Å². The van der Waals surface area contributed by atoms with Gasteiger partial charge in [-0.2, -0.15) is 5.26 Å². The van der Waals surface area contributed by atoms with E-state index in [1.54, 1.807) is 31.5 Å². The van der Waals surface area contributed by atoms with E-state index in [2.05, 4.69) is 15.0 Å². The highest BCUT2D eigenvalue weighted by Crippen LogP contribution is 2.18. The number of aromatic nitrogens is 3. The van der Waals surface area contributed by atoms with Crippen LogP contribution in [0.15, 0.2) is 36.7 Å². The summed E-state index contributed by atoms with van der Waals surface area (Å²) in [5.41, 5.74) is 1.86. The highest BCUT2D eigenvalue weighted by Gasteiger charge is 2.23. The van der Waals surface area contributed by atoms with E-state index in [4.69, 9.17) is 10.00 Å². The number of hydrogen-bond acceptors (Lipinski definition) is 6. The van der Waals surface area contributed by atoms with Crippen molar-refractivity contribution in [3.8, 4) is 6.07 Å². The standard InChI is InChI=1S/C18H14N4O3/c1-10-12(8-19)5-6-15(22-10)18(24)25-11(2)16(23)14-9-21-17-13(14)4-3-7-20-17/h3-7,9,11H,1-2H3,(H,20,21). The van der Waals surface area contributed by atoms with E-state index in [1.807, 2.05) is 6.07 Å². The molecule has 0 saturated carbocycles. The number of pyridine rings is 2. The Balaban J connectivity index is 1.78. The average molecular weight is 334 g/mol. The van der Waals surface area contributed by atoms with E-state index in [0.717, 1.165) is 0 Å². The molecule has 0 aromatic carbocycles. The highest BCUT2D eigenvalue weighted by atomic mass is 16.5. The van der Waals surface area contributed by atoms with Gasteiger partial charge in [0, 0.05) is 23.3 Å². The van der Waals surface area contributed by atoms with Crippen molar-refractivity contribution in [3.63, 3.8) is 0 Å². The van der Waals surface area contributed by atoms with Gasteiger partial charge in [0.05, 0.1) is 11.3 Å². The number of aromatic amines is 1. The van der Waals surface area contributed by atoms with Crippen LogP contribution in [0.2, 0.25) is 0 Å². The van der Waals surface area contributed by atoms with Crippen molar-refractivity contribution in [1.82, 2.24) is 15.0 Å². The molecule has 0 aliphatic rings. The maximum atomic E-state index is 12.6. The van der Waals surface area contributed by atoms with E-state index < -0.39 is 12.1 Å². The van der Waals surface area contributed by atoms with Crippen LogP contribution in [0.1, 0.15) is 39.0 Å². The summed E-state index contributed by atoms with van der Waals surface area (Å²) in [5.74, 6) is -1.05. The normalized spacial score (nSPS) is 11.7. The molecule has 124 valence electrons. The summed E-state index contributed by atoms with van der Waals surface area (Å²) in [7, 11) is 0. The average Bonchev–Trinajstić information content (AvgIpc) is 3.04. The molecule has 25 heavy (non-hydrogen) atoms. The molecular formula is C18H14N4O3. The van der Waals surface area contributed by atoms with Gasteiger partial charge in [-0.05, 0) is 38.1 Å². The molecule has 0 saturated heterocycles. The Hall–Kier alpha value is -3.53. The zero-order chi connectivity index (χ0) is 18.0. The van der Waals surface area contributed by atoms with Crippen molar-refractivity contribution in [1.29, 1.82) is 5.26 Å². The molecule has 0 bridgehead atoms. The fourth-order valence-corrected chi connectivity index (χ4v) is 2.45. The first-order valence-corrected chi connectivity index (χ1v) is 7.56. The van der Waals surface area contributed by atoms with Gasteiger partial charge < -0.3 is 9.72 Å². The SMILES string of the molecule is Cc1nc(C(=O)OC(C)C(=O)c2c[nH]c3ncccc23)ccc1C#N. The van der Waals surface area contributed by atoms with Crippen LogP contribution in [0.25, 0.3) is 11.0 Å². The third kappa shape index (κ3) is 3.10. The minimum absolute atomic E-state index is 0.0525. The number of hydrogen-bond donors (Lipinski definition) is 1. The molecule has 1 atom stereocenters. The molecule has 3 aromatic rings. The van der Waals surface area contributed by atoms with E-state index in [0.29, 0.717) is 27.9 Å². The van der Waals surface area contributed by atoms with Crippen molar-refractivity contribution < 1.29 is 14.3 Å². The van der Waals surface area contributed by atoms with E-state index >= 15 is 0 Å². The zero-order valence-electron chi connectivity index (χ0n) is 13.6. The lowest BCUT2D eigenvalue weighted by Gasteiger charge is -2.12. The molecule has 1 N–H and O–H groups in total. The number of nitriles is 1. The van der Waals surface area contributed by atoms with Crippen LogP contribution in [0.3, 0.4) is 0 Å². The molecule has 7 heteroatoms. The summed E-state index contributed by atoms with van der Waals surface area (Å²) in [6.07, 6.45) is 2.19. The molecule has 0 radical (unpaired) electrons. The molecule has 3 aromatic heterocycles. The third-order valence-corrected chi connectivity index (χ3v) is 3.79. The van der Waals surface area contributed by atoms with E-state index in [1.165, 1.54) is 19.1 Å². The summed E-state index contributed by atoms with van der Waals surface area (Å²) in [6.45, 7) is 3.13. The van der Waals surface area contributed by atoms with Gasteiger partial charge in [-0.15, -0.1) is 0 Å². The number of nitrogens with zero attached hydrogens (tertiary/aromatic N) is 3. The number of esters is 1. The van der Waals surface area contributed by atoms with Gasteiger partial charge in [-0.1, -0.05) is 0 Å². The molecule has 0 fully saturated rings. The van der Waals surface area contributed by atoms with Gasteiger partial charge in [0.15, 0.2) is 6.10 Å². The van der Waals surface area contributed by atoms with Crippen LogP contribution >= 0.6 is 0 Å². The van der Waals surface area contributed by atoms with Crippen molar-refractivity contribution in [3.05, 3.63) is 59.2 Å². The molecule has 0 spiro atoms. The number of rotatable bonds is 4. The number of ether oxygens (including phenoxy) is 1. The lowest BCUT2D eigenvalue weighted by atomic mass is 10.1. The summed E-state index contributed by atoms with van der Waals surface area (Å²) in [4.78, 5) is 35.9. The molecular weight excluding hydrogens is 320 g/mol. The maximum Gasteiger partial charge on any atom is 0.357 e. The van der Waals surface area contributed by atoms with E-state index in [9.17, 15) is 9.59 Å². The molecule has 3 rings (SSSR count). The van der Waals surface area contributed by atoms with Crippen molar-refractivity contribution >= 4 is 22.8 Å². The number of fused-ring (bicyclic) bond motifs is 1. The fourth-order valence-electron chi connectivity index (χ4n) is 2.45. The van der Waals surface area contributed by atoms with Crippen molar-refractivity contribution in [2.75, 3.05) is 0 Å². The van der Waals surface area contributed by atoms with Gasteiger partial charge in [-0.3, -0.25) is 4.79 Å². The molecule has 0 aliphatic carbocycles. The Morgan fingerprint density at radius 1 is 1.32 bits per heavy atom. The molecule has 3 heterocycles. The first-order valence-electron chi connectivity index (χ1n) is 7.56. The number of nitrogens with one attached hydrogen (secondary N) is 1. The predicted octanol–water partition coefficient (Wildman–Crippen LogP) is 2.57. The van der Waals surface area contributed by atoms with Crippen LogP contribution in [-0.4, -0.2) is 32.8 Å². The number of aryl methyl sites for hydroxylation is 1. The van der Waals surface area contributed by atoms with Crippen LogP contribution in [-0.2, 0) is 4.74 Å². The van der Waals surface area contributed by atoms with Crippen LogP contribution in [0, 0.1) is 18.3 Å². The second-order valence-electron chi connectivity index (χ2n) is 5.45. The zero-order valence-corrected chi connectivity index (χ0v) is 13.6. The molecule has 0 amide bonds. The molecule has 1 unspecified atom stereocenters. The van der Waals surface area contributed by atoms with Crippen LogP contribution in [0.5, 0.6) is 0 Å². The number of H-pyrrole nitrogens is 1. The monoisotopic (exact) mass is 334 g/mol. The van der Waals surface area contributed by atoms with Crippen LogP contribution < -0.4 is 0 Å². The summed E-state index contributed by atoms with van der Waals surface area (Å²) in [5, 5.41) is 9.57. The lowest BCUT2D eigenvalue weighted by Crippen LogP contribution is -2.25. The molecule has 7 nitrogen and oxygen atoms in total. The van der Waals surface area contributed by atoms with E-state index in [-0.39, 0.29) is 11.5 Å². The Labute approximate surface area is 143 Å². The predicted molar refractivity (Wildman–Crippen MR) is 89.0 cm³/mol. The minimum atomic E-state index is -0.982. The van der Waals surface area contributed by atoms with Crippen molar-refractivity contribution in [2.24, 2.45) is 0 Å². The number of ketones is 1. The van der Waals surface area contributed by atoms with Gasteiger partial charge in [0.2, 0.25) is 5.78 Å². The highest BCUT2D eigenvalue weighted by molar-refractivity contribution is 6.09. The summed E-state index contributed by atoms with van der Waals surface area (Å²) in [6, 6.07) is 8.38. The Morgan fingerprint density at radius 2 is 2.12 bits per heavy atom. The summed E-state index contributed by atoms with van der Waals surface area (Å²) >= 11 is 0. The third-order valence-electron chi connectivity index (χ3n) is 3.79. The van der Waals surface area contributed by atoms with Gasteiger partial charge >= 0.3 is 5.97 Å². The first-order chi connectivity index (χ1) is 12.0. The van der Waals surface area contributed by atoms with Gasteiger partial charge in [0.25, 0.3) is 0 Å². The minimum Gasteiger partial charge on any atom is -0.450 e. The first kappa shape index (κ1) is 16.3. The number of carbonyl (C=O) groups is 2. The Kier molecular flexibility index (Phi) is 4.27. The smallest absolute Gasteiger partial charge is 0.357 e. The van der Waals surface area contributed by atoms with Crippen molar-refractivity contribution in [2.45, 2.75) is 20.0 Å².